The Hall–Kier alpha value is -2.51. The summed E-state index contributed by atoms with van der Waals surface area (Å²) in [6.07, 6.45) is 5.48. The predicted octanol–water partition coefficient (Wildman–Crippen LogP) is 3.40. The van der Waals surface area contributed by atoms with Crippen molar-refractivity contribution in [3.8, 4) is 11.6 Å². The molecule has 0 amide bonds. The number of aromatic nitrogens is 3. The Morgan fingerprint density at radius 1 is 1.07 bits per heavy atom. The third-order valence-corrected chi connectivity index (χ3v) is 5.52. The Morgan fingerprint density at radius 2 is 1.93 bits per heavy atom. The van der Waals surface area contributed by atoms with Crippen LogP contribution >= 0.6 is 11.8 Å². The highest BCUT2D eigenvalue weighted by atomic mass is 32.2. The van der Waals surface area contributed by atoms with Crippen molar-refractivity contribution in [3.05, 3.63) is 60.6 Å². The molecular weight excluding hydrogens is 360 g/mol. The van der Waals surface area contributed by atoms with Crippen molar-refractivity contribution in [1.82, 2.24) is 14.5 Å². The van der Waals surface area contributed by atoms with Crippen LogP contribution in [0.4, 0.5) is 5.69 Å². The number of para-hydroxylation sites is 1. The first-order valence-electron chi connectivity index (χ1n) is 8.93. The van der Waals surface area contributed by atoms with Crippen molar-refractivity contribution < 1.29 is 9.47 Å². The second-order valence-corrected chi connectivity index (χ2v) is 7.07. The lowest BCUT2D eigenvalue weighted by atomic mass is 10.1. The van der Waals surface area contributed by atoms with Crippen LogP contribution in [0.25, 0.3) is 5.82 Å². The molecule has 1 aliphatic rings. The Bertz CT molecular complexity index is 893. The van der Waals surface area contributed by atoms with E-state index < -0.39 is 0 Å². The maximum absolute atomic E-state index is 5.49. The number of methoxy groups -OCH3 is 1. The fraction of sp³-hybridized carbons (Fsp3) is 0.300. The monoisotopic (exact) mass is 382 g/mol. The minimum Gasteiger partial charge on any atom is -0.493 e. The molecule has 1 aliphatic heterocycles. The van der Waals surface area contributed by atoms with Gasteiger partial charge < -0.3 is 14.4 Å². The topological polar surface area (TPSA) is 52.4 Å². The number of ether oxygens (including phenoxy) is 2. The molecule has 0 saturated carbocycles. The number of rotatable bonds is 6. The van der Waals surface area contributed by atoms with E-state index in [1.54, 1.807) is 31.3 Å². The summed E-state index contributed by atoms with van der Waals surface area (Å²) in [6.45, 7) is 3.43. The van der Waals surface area contributed by atoms with E-state index in [0.29, 0.717) is 0 Å². The number of nitrogens with zero attached hydrogens (tertiary/aromatic N) is 4. The molecule has 1 saturated heterocycles. The van der Waals surface area contributed by atoms with Gasteiger partial charge in [-0.2, -0.15) is 0 Å². The molecule has 3 heterocycles. The summed E-state index contributed by atoms with van der Waals surface area (Å²) in [5, 5.41) is 0.892. The van der Waals surface area contributed by atoms with Gasteiger partial charge in [-0.1, -0.05) is 30.0 Å². The van der Waals surface area contributed by atoms with Gasteiger partial charge in [0.2, 0.25) is 0 Å². The van der Waals surface area contributed by atoms with Gasteiger partial charge in [-0.25, -0.2) is 9.97 Å². The van der Waals surface area contributed by atoms with Crippen molar-refractivity contribution >= 4 is 17.4 Å². The molecule has 1 fully saturated rings. The molecule has 7 heteroatoms. The van der Waals surface area contributed by atoms with E-state index in [-0.39, 0.29) is 0 Å². The Labute approximate surface area is 163 Å². The van der Waals surface area contributed by atoms with Gasteiger partial charge in [-0.3, -0.25) is 4.57 Å². The standard InChI is InChI=1S/C20H22N4O2S/c1-25-18-7-4-8-21-19(18)24-10-9-22-20(24)27-15-16-5-2-3-6-17(16)23-11-13-26-14-12-23/h2-10H,11-15H2,1H3. The largest absolute Gasteiger partial charge is 0.493 e. The van der Waals surface area contributed by atoms with Crippen molar-refractivity contribution in [2.24, 2.45) is 0 Å². The molecule has 6 nitrogen and oxygen atoms in total. The summed E-state index contributed by atoms with van der Waals surface area (Å²) in [7, 11) is 1.66. The van der Waals surface area contributed by atoms with Crippen molar-refractivity contribution in [2.75, 3.05) is 38.3 Å². The average molecular weight is 382 g/mol. The van der Waals surface area contributed by atoms with E-state index in [1.165, 1.54) is 11.3 Å². The SMILES string of the molecule is COc1cccnc1-n1ccnc1SCc1ccccc1N1CCOCC1. The van der Waals surface area contributed by atoms with Crippen LogP contribution in [-0.2, 0) is 10.5 Å². The first kappa shape index (κ1) is 17.9. The summed E-state index contributed by atoms with van der Waals surface area (Å²) in [6, 6.07) is 12.3. The van der Waals surface area contributed by atoms with Gasteiger partial charge in [0.05, 0.1) is 20.3 Å². The Morgan fingerprint density at radius 3 is 2.78 bits per heavy atom. The van der Waals surface area contributed by atoms with E-state index in [1.807, 2.05) is 22.9 Å². The van der Waals surface area contributed by atoms with E-state index in [2.05, 4.69) is 39.1 Å². The van der Waals surface area contributed by atoms with Crippen LogP contribution < -0.4 is 9.64 Å². The lowest BCUT2D eigenvalue weighted by molar-refractivity contribution is 0.122. The van der Waals surface area contributed by atoms with Crippen LogP contribution in [0, 0.1) is 0 Å². The Kier molecular flexibility index (Phi) is 5.60. The Balaban J connectivity index is 1.55. The number of morpholine rings is 1. The van der Waals surface area contributed by atoms with Gasteiger partial charge in [0, 0.05) is 43.1 Å². The van der Waals surface area contributed by atoms with Gasteiger partial charge in [0.1, 0.15) is 0 Å². The summed E-state index contributed by atoms with van der Waals surface area (Å²) in [5.41, 5.74) is 2.58. The molecule has 0 radical (unpaired) electrons. The van der Waals surface area contributed by atoms with Gasteiger partial charge >= 0.3 is 0 Å². The lowest BCUT2D eigenvalue weighted by Crippen LogP contribution is -2.36. The molecule has 0 unspecified atom stereocenters. The molecule has 1 aromatic carbocycles. The highest BCUT2D eigenvalue weighted by Gasteiger charge is 2.16. The maximum Gasteiger partial charge on any atom is 0.181 e. The van der Waals surface area contributed by atoms with E-state index in [4.69, 9.17) is 9.47 Å². The van der Waals surface area contributed by atoms with Crippen LogP contribution in [0.3, 0.4) is 0 Å². The van der Waals surface area contributed by atoms with Crippen molar-refractivity contribution in [2.45, 2.75) is 10.9 Å². The van der Waals surface area contributed by atoms with Crippen LogP contribution in [0.15, 0.2) is 60.1 Å². The van der Waals surface area contributed by atoms with Crippen molar-refractivity contribution in [1.29, 1.82) is 0 Å². The zero-order valence-corrected chi connectivity index (χ0v) is 16.1. The average Bonchev–Trinajstić information content (AvgIpc) is 3.21. The fourth-order valence-electron chi connectivity index (χ4n) is 3.17. The first-order chi connectivity index (χ1) is 13.4. The third kappa shape index (κ3) is 3.94. The molecule has 0 N–H and O–H groups in total. The van der Waals surface area contributed by atoms with Crippen LogP contribution in [-0.4, -0.2) is 47.9 Å². The van der Waals surface area contributed by atoms with E-state index in [0.717, 1.165) is 48.8 Å². The molecular formula is C20H22N4O2S. The van der Waals surface area contributed by atoms with Crippen molar-refractivity contribution in [3.63, 3.8) is 0 Å². The number of imidazole rings is 1. The quantitative estimate of drug-likeness (QED) is 0.609. The normalized spacial score (nSPS) is 14.3. The highest BCUT2D eigenvalue weighted by Crippen LogP contribution is 2.31. The minimum atomic E-state index is 0.728. The van der Waals surface area contributed by atoms with Crippen LogP contribution in [0.5, 0.6) is 5.75 Å². The summed E-state index contributed by atoms with van der Waals surface area (Å²) < 4.78 is 12.9. The van der Waals surface area contributed by atoms with Crippen LogP contribution in [0.1, 0.15) is 5.56 Å². The van der Waals surface area contributed by atoms with Gasteiger partial charge in [-0.05, 0) is 23.8 Å². The fourth-order valence-corrected chi connectivity index (χ4v) is 4.12. The molecule has 0 spiro atoms. The van der Waals surface area contributed by atoms with Gasteiger partial charge in [-0.15, -0.1) is 0 Å². The third-order valence-electron chi connectivity index (χ3n) is 4.51. The first-order valence-corrected chi connectivity index (χ1v) is 9.91. The molecule has 3 aromatic rings. The number of hydrogen-bond donors (Lipinski definition) is 0. The smallest absolute Gasteiger partial charge is 0.181 e. The number of anilines is 1. The summed E-state index contributed by atoms with van der Waals surface area (Å²) in [5.74, 6) is 2.31. The predicted molar refractivity (Wildman–Crippen MR) is 107 cm³/mol. The lowest BCUT2D eigenvalue weighted by Gasteiger charge is -2.30. The molecule has 0 aliphatic carbocycles. The zero-order valence-electron chi connectivity index (χ0n) is 15.2. The van der Waals surface area contributed by atoms with Gasteiger partial charge in [0.25, 0.3) is 0 Å². The molecule has 2 aromatic heterocycles. The number of thioether (sulfide) groups is 1. The van der Waals surface area contributed by atoms with Gasteiger partial charge in [0.15, 0.2) is 16.7 Å². The van der Waals surface area contributed by atoms with E-state index >= 15 is 0 Å². The molecule has 0 atom stereocenters. The summed E-state index contributed by atoms with van der Waals surface area (Å²) >= 11 is 1.70. The zero-order chi connectivity index (χ0) is 18.5. The number of pyridine rings is 1. The summed E-state index contributed by atoms with van der Waals surface area (Å²) in [4.78, 5) is 11.4. The second-order valence-electron chi connectivity index (χ2n) is 6.13. The molecule has 0 bridgehead atoms. The molecule has 27 heavy (non-hydrogen) atoms. The minimum absolute atomic E-state index is 0.728. The highest BCUT2D eigenvalue weighted by molar-refractivity contribution is 7.98. The van der Waals surface area contributed by atoms with E-state index in [9.17, 15) is 0 Å². The number of benzene rings is 1. The van der Waals surface area contributed by atoms with Crippen LogP contribution in [0.2, 0.25) is 0 Å². The second kappa shape index (κ2) is 8.45. The maximum atomic E-state index is 5.49. The molecule has 140 valence electrons. The number of hydrogen-bond acceptors (Lipinski definition) is 6. The molecule has 4 rings (SSSR count).